The second-order valence-corrected chi connectivity index (χ2v) is 5.69. The third kappa shape index (κ3) is 2.58. The fourth-order valence-electron chi connectivity index (χ4n) is 1.97. The molecule has 3 nitrogen and oxygen atoms in total. The minimum Gasteiger partial charge on any atom is -0.273 e. The number of amides is 1. The van der Waals surface area contributed by atoms with Gasteiger partial charge in [-0.05, 0) is 6.42 Å². The molecule has 1 aliphatic rings. The Balaban J connectivity index is 2.86. The third-order valence-electron chi connectivity index (χ3n) is 3.17. The maximum Gasteiger partial charge on any atom is 0.246 e. The Hall–Kier alpha value is -0.860. The maximum atomic E-state index is 11.5. The van der Waals surface area contributed by atoms with Crippen molar-refractivity contribution in [1.82, 2.24) is 5.43 Å². The minimum absolute atomic E-state index is 0.0264. The van der Waals surface area contributed by atoms with E-state index in [0.717, 1.165) is 25.0 Å². The minimum atomic E-state index is -0.317. The number of hydrazone groups is 1. The summed E-state index contributed by atoms with van der Waals surface area (Å²) in [6, 6.07) is 0. The second-order valence-electron chi connectivity index (χ2n) is 5.69. The Morgan fingerprint density at radius 2 is 2.07 bits per heavy atom. The lowest BCUT2D eigenvalue weighted by molar-refractivity contribution is -0.129. The zero-order valence-corrected chi connectivity index (χ0v) is 10.5. The molecular weight excluding hydrogens is 188 g/mol. The molecular formula is C12H22N2O. The summed E-state index contributed by atoms with van der Waals surface area (Å²) in [5, 5.41) is 4.21. The summed E-state index contributed by atoms with van der Waals surface area (Å²) in [4.78, 5) is 11.5. The summed E-state index contributed by atoms with van der Waals surface area (Å²) < 4.78 is 0. The molecule has 1 N–H and O–H groups in total. The fourth-order valence-corrected chi connectivity index (χ4v) is 1.97. The highest BCUT2D eigenvalue weighted by atomic mass is 16.2. The molecule has 86 valence electrons. The van der Waals surface area contributed by atoms with E-state index in [4.69, 9.17) is 0 Å². The Kier molecular flexibility index (Phi) is 3.22. The first kappa shape index (κ1) is 12.2. The Morgan fingerprint density at radius 3 is 2.53 bits per heavy atom. The molecule has 1 amide bonds. The largest absolute Gasteiger partial charge is 0.273 e. The van der Waals surface area contributed by atoms with E-state index in [-0.39, 0.29) is 16.7 Å². The Morgan fingerprint density at radius 1 is 1.47 bits per heavy atom. The summed E-state index contributed by atoms with van der Waals surface area (Å²) in [7, 11) is 0. The number of hydrogen-bond acceptors (Lipinski definition) is 2. The van der Waals surface area contributed by atoms with E-state index in [0.29, 0.717) is 0 Å². The number of nitrogens with one attached hydrogen (secondary N) is 1. The molecule has 1 heterocycles. The fraction of sp³-hybridized carbons (Fsp3) is 0.833. The van der Waals surface area contributed by atoms with Crippen LogP contribution in [-0.2, 0) is 4.79 Å². The van der Waals surface area contributed by atoms with Crippen LogP contribution in [0.15, 0.2) is 5.10 Å². The normalized spacial score (nSPS) is 20.9. The summed E-state index contributed by atoms with van der Waals surface area (Å²) in [5.41, 5.74) is 3.53. The number of rotatable bonds is 3. The molecule has 3 heteroatoms. The summed E-state index contributed by atoms with van der Waals surface area (Å²) >= 11 is 0. The monoisotopic (exact) mass is 210 g/mol. The molecule has 0 fully saturated rings. The third-order valence-corrected chi connectivity index (χ3v) is 3.17. The van der Waals surface area contributed by atoms with Crippen molar-refractivity contribution >= 4 is 11.6 Å². The van der Waals surface area contributed by atoms with Gasteiger partial charge in [0.1, 0.15) is 0 Å². The van der Waals surface area contributed by atoms with Gasteiger partial charge in [0, 0.05) is 17.5 Å². The highest BCUT2D eigenvalue weighted by Crippen LogP contribution is 2.34. The number of carbonyl (C=O) groups excluding carboxylic acids is 1. The first-order valence-corrected chi connectivity index (χ1v) is 5.67. The van der Waals surface area contributed by atoms with E-state index >= 15 is 0 Å². The van der Waals surface area contributed by atoms with Gasteiger partial charge in [-0.2, -0.15) is 5.10 Å². The van der Waals surface area contributed by atoms with Gasteiger partial charge in [0.2, 0.25) is 5.91 Å². The van der Waals surface area contributed by atoms with Crippen LogP contribution in [0.2, 0.25) is 0 Å². The summed E-state index contributed by atoms with van der Waals surface area (Å²) in [6.07, 6.45) is 3.02. The lowest BCUT2D eigenvalue weighted by atomic mass is 9.74. The van der Waals surface area contributed by atoms with Gasteiger partial charge in [0.15, 0.2) is 0 Å². The zero-order valence-electron chi connectivity index (χ0n) is 10.5. The van der Waals surface area contributed by atoms with Crippen LogP contribution < -0.4 is 5.43 Å². The van der Waals surface area contributed by atoms with Crippen molar-refractivity contribution in [2.24, 2.45) is 15.9 Å². The van der Waals surface area contributed by atoms with Crippen molar-refractivity contribution in [3.63, 3.8) is 0 Å². The molecule has 0 spiro atoms. The molecule has 0 saturated carbocycles. The van der Waals surface area contributed by atoms with Crippen LogP contribution in [0.5, 0.6) is 0 Å². The molecule has 0 bridgehead atoms. The van der Waals surface area contributed by atoms with E-state index < -0.39 is 0 Å². The van der Waals surface area contributed by atoms with Crippen LogP contribution in [0.1, 0.15) is 53.9 Å². The van der Waals surface area contributed by atoms with E-state index in [9.17, 15) is 4.79 Å². The first-order chi connectivity index (χ1) is 6.79. The van der Waals surface area contributed by atoms with E-state index in [1.54, 1.807) is 0 Å². The van der Waals surface area contributed by atoms with Gasteiger partial charge >= 0.3 is 0 Å². The molecule has 0 aromatic heterocycles. The summed E-state index contributed by atoms with van der Waals surface area (Å²) in [5.74, 6) is 0.0264. The van der Waals surface area contributed by atoms with Crippen LogP contribution in [-0.4, -0.2) is 11.6 Å². The maximum absolute atomic E-state index is 11.5. The molecule has 0 aliphatic carbocycles. The zero-order chi connectivity index (χ0) is 11.7. The highest BCUT2D eigenvalue weighted by Gasteiger charge is 2.37. The van der Waals surface area contributed by atoms with E-state index in [2.05, 4.69) is 31.3 Å². The van der Waals surface area contributed by atoms with Gasteiger partial charge in [-0.3, -0.25) is 4.79 Å². The first-order valence-electron chi connectivity index (χ1n) is 5.67. The van der Waals surface area contributed by atoms with Crippen LogP contribution in [0.4, 0.5) is 0 Å². The predicted octanol–water partition coefficient (Wildman–Crippen LogP) is 2.71. The Bertz CT molecular complexity index is 290. The van der Waals surface area contributed by atoms with Gasteiger partial charge in [0.05, 0.1) is 5.41 Å². The van der Waals surface area contributed by atoms with Gasteiger partial charge < -0.3 is 0 Å². The molecule has 15 heavy (non-hydrogen) atoms. The van der Waals surface area contributed by atoms with Crippen LogP contribution in [0.3, 0.4) is 0 Å². The summed E-state index contributed by atoms with van der Waals surface area (Å²) in [6.45, 7) is 10.5. The van der Waals surface area contributed by atoms with Gasteiger partial charge in [-0.25, -0.2) is 5.43 Å². The lowest BCUT2D eigenvalue weighted by Gasteiger charge is -2.35. The smallest absolute Gasteiger partial charge is 0.246 e. The SMILES string of the molecule is CCCC(C)(C)C1=NNC(=O)C(C)(C)C1. The molecule has 1 aliphatic heterocycles. The highest BCUT2D eigenvalue weighted by molar-refractivity contribution is 5.98. The van der Waals surface area contributed by atoms with Crippen molar-refractivity contribution in [1.29, 1.82) is 0 Å². The van der Waals surface area contributed by atoms with E-state index in [1.807, 2.05) is 13.8 Å². The van der Waals surface area contributed by atoms with Crippen LogP contribution >= 0.6 is 0 Å². The van der Waals surface area contributed by atoms with Crippen LogP contribution in [0, 0.1) is 10.8 Å². The van der Waals surface area contributed by atoms with E-state index in [1.165, 1.54) is 0 Å². The van der Waals surface area contributed by atoms with Gasteiger partial charge in [0.25, 0.3) is 0 Å². The predicted molar refractivity (Wildman–Crippen MR) is 62.7 cm³/mol. The molecule has 0 unspecified atom stereocenters. The average molecular weight is 210 g/mol. The van der Waals surface area contributed by atoms with Crippen molar-refractivity contribution in [2.75, 3.05) is 0 Å². The van der Waals surface area contributed by atoms with Gasteiger partial charge in [-0.15, -0.1) is 0 Å². The number of carbonyl (C=O) groups is 1. The van der Waals surface area contributed by atoms with Crippen LogP contribution in [0.25, 0.3) is 0 Å². The average Bonchev–Trinajstić information content (AvgIpc) is 2.09. The van der Waals surface area contributed by atoms with Crippen molar-refractivity contribution in [3.8, 4) is 0 Å². The molecule has 0 radical (unpaired) electrons. The molecule has 1 rings (SSSR count). The molecule has 0 aromatic carbocycles. The molecule has 0 saturated heterocycles. The molecule has 0 atom stereocenters. The standard InChI is InChI=1S/C12H22N2O/c1-6-7-11(2,3)9-8-12(4,5)10(15)14-13-9/h6-8H2,1-5H3,(H,14,15). The quantitative estimate of drug-likeness (QED) is 0.764. The lowest BCUT2D eigenvalue weighted by Crippen LogP contribution is -2.44. The van der Waals surface area contributed by atoms with Crippen molar-refractivity contribution < 1.29 is 4.79 Å². The second kappa shape index (κ2) is 3.95. The van der Waals surface area contributed by atoms with Crippen molar-refractivity contribution in [2.45, 2.75) is 53.9 Å². The number of nitrogens with zero attached hydrogens (tertiary/aromatic N) is 1. The number of hydrogen-bond donors (Lipinski definition) is 1. The topological polar surface area (TPSA) is 41.5 Å². The van der Waals surface area contributed by atoms with Gasteiger partial charge in [-0.1, -0.05) is 41.0 Å². The van der Waals surface area contributed by atoms with Crippen molar-refractivity contribution in [3.05, 3.63) is 0 Å². The molecule has 0 aromatic rings. The Labute approximate surface area is 92.3 Å².